The molecule has 0 bridgehead atoms. The summed E-state index contributed by atoms with van der Waals surface area (Å²) < 4.78 is 21.4. The zero-order chi connectivity index (χ0) is 22.8. The van der Waals surface area contributed by atoms with Crippen LogP contribution in [0.4, 0.5) is 0 Å². The Bertz CT molecular complexity index is 1040. The third-order valence-electron chi connectivity index (χ3n) is 4.92. The lowest BCUT2D eigenvalue weighted by atomic mass is 10.1. The number of carbonyl (C=O) groups is 1. The van der Waals surface area contributed by atoms with E-state index in [4.69, 9.17) is 18.9 Å². The Morgan fingerprint density at radius 1 is 0.781 bits per heavy atom. The molecule has 0 radical (unpaired) electrons. The third-order valence-corrected chi connectivity index (χ3v) is 4.92. The van der Waals surface area contributed by atoms with Crippen molar-refractivity contribution >= 4 is 12.0 Å². The van der Waals surface area contributed by atoms with Gasteiger partial charge in [0.1, 0.15) is 11.5 Å². The molecule has 0 heterocycles. The van der Waals surface area contributed by atoms with Gasteiger partial charge in [-0.1, -0.05) is 48.5 Å². The van der Waals surface area contributed by atoms with E-state index >= 15 is 0 Å². The molecule has 3 aromatic carbocycles. The molecule has 0 fully saturated rings. The normalized spacial score (nSPS) is 11.0. The van der Waals surface area contributed by atoms with Crippen molar-refractivity contribution in [3.05, 3.63) is 89.7 Å². The van der Waals surface area contributed by atoms with Gasteiger partial charge in [-0.2, -0.15) is 0 Å². The average molecular weight is 433 g/mol. The van der Waals surface area contributed by atoms with Gasteiger partial charge >= 0.3 is 5.97 Å². The minimum Gasteiger partial charge on any atom is -0.493 e. The fraction of sp³-hybridized carbons (Fsp3) is 0.222. The van der Waals surface area contributed by atoms with E-state index in [0.29, 0.717) is 13.2 Å². The van der Waals surface area contributed by atoms with E-state index in [0.717, 1.165) is 29.0 Å². The second kappa shape index (κ2) is 11.6. The van der Waals surface area contributed by atoms with Crippen LogP contribution >= 0.6 is 0 Å². The average Bonchev–Trinajstić information content (AvgIpc) is 2.84. The first-order valence-corrected chi connectivity index (χ1v) is 10.5. The van der Waals surface area contributed by atoms with Gasteiger partial charge in [-0.05, 0) is 59.5 Å². The van der Waals surface area contributed by atoms with Crippen LogP contribution < -0.4 is 9.47 Å². The maximum atomic E-state index is 11.7. The molecule has 166 valence electrons. The van der Waals surface area contributed by atoms with Crippen molar-refractivity contribution in [3.8, 4) is 22.6 Å². The Labute approximate surface area is 189 Å². The number of aryl methyl sites for hydroxylation is 1. The van der Waals surface area contributed by atoms with E-state index in [1.165, 1.54) is 25.3 Å². The van der Waals surface area contributed by atoms with Gasteiger partial charge in [-0.15, -0.1) is 0 Å². The molecule has 0 N–H and O–H groups in total. The number of benzene rings is 3. The minimum atomic E-state index is -0.512. The Balaban J connectivity index is 1.45. The minimum absolute atomic E-state index is 0.151. The van der Waals surface area contributed by atoms with Gasteiger partial charge in [0.2, 0.25) is 5.76 Å². The van der Waals surface area contributed by atoms with E-state index in [9.17, 15) is 4.79 Å². The summed E-state index contributed by atoms with van der Waals surface area (Å²) in [7, 11) is 2.76. The predicted molar refractivity (Wildman–Crippen MR) is 126 cm³/mol. The lowest BCUT2D eigenvalue weighted by molar-refractivity contribution is -0.139. The lowest BCUT2D eigenvalue weighted by Crippen LogP contribution is -2.06. The molecule has 0 unspecified atom stereocenters. The number of hydrogen-bond donors (Lipinski definition) is 0. The summed E-state index contributed by atoms with van der Waals surface area (Å²) in [6.07, 6.45) is 2.42. The van der Waals surface area contributed by atoms with Crippen LogP contribution in [0.15, 0.2) is 78.6 Å². The zero-order valence-corrected chi connectivity index (χ0v) is 18.7. The van der Waals surface area contributed by atoms with Gasteiger partial charge < -0.3 is 18.9 Å². The SMILES string of the molecule is COC(=O)/C(=C/c1ccc(OCCCOc2ccc(-c3ccccc3)cc2)cc1C)OC. The molecule has 5 heteroatoms. The molecular formula is C27H28O5. The summed E-state index contributed by atoms with van der Waals surface area (Å²) in [6, 6.07) is 24.0. The molecule has 0 saturated heterocycles. The molecule has 0 saturated carbocycles. The summed E-state index contributed by atoms with van der Waals surface area (Å²) in [5.41, 5.74) is 4.18. The Morgan fingerprint density at radius 3 is 2.03 bits per heavy atom. The number of methoxy groups -OCH3 is 2. The van der Waals surface area contributed by atoms with Gasteiger partial charge in [0.25, 0.3) is 0 Å². The highest BCUT2D eigenvalue weighted by atomic mass is 16.6. The number of esters is 1. The maximum Gasteiger partial charge on any atom is 0.373 e. The fourth-order valence-corrected chi connectivity index (χ4v) is 3.16. The zero-order valence-electron chi connectivity index (χ0n) is 18.7. The third kappa shape index (κ3) is 6.38. The monoisotopic (exact) mass is 432 g/mol. The van der Waals surface area contributed by atoms with E-state index in [-0.39, 0.29) is 5.76 Å². The van der Waals surface area contributed by atoms with Crippen LogP contribution in [0, 0.1) is 6.92 Å². The maximum absolute atomic E-state index is 11.7. The van der Waals surface area contributed by atoms with Crippen molar-refractivity contribution in [2.24, 2.45) is 0 Å². The van der Waals surface area contributed by atoms with Gasteiger partial charge in [-0.3, -0.25) is 0 Å². The lowest BCUT2D eigenvalue weighted by Gasteiger charge is -2.11. The molecule has 0 aliphatic heterocycles. The van der Waals surface area contributed by atoms with E-state index in [1.807, 2.05) is 55.5 Å². The number of carbonyl (C=O) groups excluding carboxylic acids is 1. The van der Waals surface area contributed by atoms with Crippen molar-refractivity contribution in [2.75, 3.05) is 27.4 Å². The predicted octanol–water partition coefficient (Wildman–Crippen LogP) is 5.67. The van der Waals surface area contributed by atoms with Gasteiger partial charge in [0.05, 0.1) is 27.4 Å². The molecule has 32 heavy (non-hydrogen) atoms. The smallest absolute Gasteiger partial charge is 0.373 e. The first kappa shape index (κ1) is 22.9. The summed E-state index contributed by atoms with van der Waals surface area (Å²) in [5.74, 6) is 1.25. The summed E-state index contributed by atoms with van der Waals surface area (Å²) in [4.78, 5) is 11.7. The van der Waals surface area contributed by atoms with Gasteiger partial charge in [0.15, 0.2) is 0 Å². The Hall–Kier alpha value is -3.73. The molecule has 0 spiro atoms. The van der Waals surface area contributed by atoms with Gasteiger partial charge in [0, 0.05) is 6.42 Å². The molecule has 3 aromatic rings. The van der Waals surface area contributed by atoms with Crippen LogP contribution in [0.5, 0.6) is 11.5 Å². The van der Waals surface area contributed by atoms with Crippen LogP contribution in [0.25, 0.3) is 17.2 Å². The molecular weight excluding hydrogens is 404 g/mol. The summed E-state index contributed by atoms with van der Waals surface area (Å²) in [6.45, 7) is 3.06. The molecule has 5 nitrogen and oxygen atoms in total. The number of rotatable bonds is 10. The molecule has 3 rings (SSSR count). The van der Waals surface area contributed by atoms with Crippen LogP contribution in [-0.4, -0.2) is 33.4 Å². The van der Waals surface area contributed by atoms with Crippen LogP contribution in [0.1, 0.15) is 17.5 Å². The van der Waals surface area contributed by atoms with E-state index in [1.54, 1.807) is 6.08 Å². The van der Waals surface area contributed by atoms with Crippen LogP contribution in [-0.2, 0) is 14.3 Å². The van der Waals surface area contributed by atoms with E-state index < -0.39 is 5.97 Å². The van der Waals surface area contributed by atoms with E-state index in [2.05, 4.69) is 24.3 Å². The Morgan fingerprint density at radius 2 is 1.41 bits per heavy atom. The summed E-state index contributed by atoms with van der Waals surface area (Å²) in [5, 5.41) is 0. The standard InChI is InChI=1S/C27H28O5/c1-20-18-25(15-12-23(20)19-26(29-2)27(28)30-3)32-17-7-16-31-24-13-10-22(11-14-24)21-8-5-4-6-9-21/h4-6,8-15,18-19H,7,16-17H2,1-3H3/b26-19-. The fourth-order valence-electron chi connectivity index (χ4n) is 3.16. The molecule has 0 aliphatic rings. The van der Waals surface area contributed by atoms with Gasteiger partial charge in [-0.25, -0.2) is 4.79 Å². The first-order chi connectivity index (χ1) is 15.6. The summed E-state index contributed by atoms with van der Waals surface area (Å²) >= 11 is 0. The van der Waals surface area contributed by atoms with Crippen molar-refractivity contribution in [1.29, 1.82) is 0 Å². The van der Waals surface area contributed by atoms with Crippen LogP contribution in [0.3, 0.4) is 0 Å². The van der Waals surface area contributed by atoms with Crippen molar-refractivity contribution in [2.45, 2.75) is 13.3 Å². The van der Waals surface area contributed by atoms with Crippen molar-refractivity contribution in [3.63, 3.8) is 0 Å². The number of ether oxygens (including phenoxy) is 4. The number of hydrogen-bond acceptors (Lipinski definition) is 5. The molecule has 0 amide bonds. The quantitative estimate of drug-likeness (QED) is 0.179. The largest absolute Gasteiger partial charge is 0.493 e. The highest BCUT2D eigenvalue weighted by Crippen LogP contribution is 2.23. The van der Waals surface area contributed by atoms with Crippen molar-refractivity contribution < 1.29 is 23.7 Å². The molecule has 0 aromatic heterocycles. The first-order valence-electron chi connectivity index (χ1n) is 10.5. The highest BCUT2D eigenvalue weighted by molar-refractivity contribution is 5.91. The Kier molecular flexibility index (Phi) is 8.32. The molecule has 0 aliphatic carbocycles. The highest BCUT2D eigenvalue weighted by Gasteiger charge is 2.10. The van der Waals surface area contributed by atoms with Crippen molar-refractivity contribution in [1.82, 2.24) is 0 Å². The topological polar surface area (TPSA) is 54.0 Å². The molecule has 0 atom stereocenters. The second-order valence-corrected chi connectivity index (χ2v) is 7.16. The van der Waals surface area contributed by atoms with Crippen LogP contribution in [0.2, 0.25) is 0 Å². The second-order valence-electron chi connectivity index (χ2n) is 7.16.